The van der Waals surface area contributed by atoms with E-state index >= 15 is 0 Å². The second-order valence-corrected chi connectivity index (χ2v) is 16.0. The second-order valence-electron chi connectivity index (χ2n) is 16.0. The quantitative estimate of drug-likeness (QED) is 0.0200. The van der Waals surface area contributed by atoms with E-state index in [2.05, 4.69) is 74.6 Å². The maximum Gasteiger partial charge on any atom is 0.306 e. The molecule has 0 N–H and O–H groups in total. The van der Waals surface area contributed by atoms with Gasteiger partial charge in [0.05, 0.1) is 40.3 Å². The van der Waals surface area contributed by atoms with E-state index in [0.717, 1.165) is 64.2 Å². The SMILES string of the molecule is CCC/C=C/C=C/C=C/C=C/C=C/CCCCCCCC(=O)OC(COCCC(C(=O)[O-])[N+](C)(C)C)COC(=O)CCC/C=C/C/C=C/C/C=C/CCCCCCCC. The summed E-state index contributed by atoms with van der Waals surface area (Å²) in [5.41, 5.74) is 0. The minimum absolute atomic E-state index is 0.00780. The molecule has 334 valence electrons. The molecule has 0 saturated heterocycles. The molecule has 0 saturated carbocycles. The lowest BCUT2D eigenvalue weighted by Crippen LogP contribution is -2.55. The number of nitrogens with zero attached hydrogens (tertiary/aromatic N) is 1. The van der Waals surface area contributed by atoms with Crippen LogP contribution in [0.1, 0.15) is 155 Å². The molecular formula is C51H83NO7. The number of carbonyl (C=O) groups excluding carboxylic acids is 3. The molecule has 0 spiro atoms. The predicted molar refractivity (Wildman–Crippen MR) is 245 cm³/mol. The van der Waals surface area contributed by atoms with E-state index in [1.54, 1.807) is 21.1 Å². The molecule has 0 aliphatic heterocycles. The lowest BCUT2D eigenvalue weighted by Gasteiger charge is -2.34. The maximum atomic E-state index is 12.7. The van der Waals surface area contributed by atoms with E-state index < -0.39 is 18.1 Å². The summed E-state index contributed by atoms with van der Waals surface area (Å²) in [6.45, 7) is 4.46. The monoisotopic (exact) mass is 822 g/mol. The van der Waals surface area contributed by atoms with Crippen molar-refractivity contribution in [2.24, 2.45) is 0 Å². The van der Waals surface area contributed by atoms with Gasteiger partial charge in [0.1, 0.15) is 12.6 Å². The van der Waals surface area contributed by atoms with Gasteiger partial charge in [0.25, 0.3) is 0 Å². The van der Waals surface area contributed by atoms with Gasteiger partial charge in [-0.25, -0.2) is 0 Å². The van der Waals surface area contributed by atoms with Crippen LogP contribution in [0.5, 0.6) is 0 Å². The van der Waals surface area contributed by atoms with Gasteiger partial charge in [-0.3, -0.25) is 9.59 Å². The van der Waals surface area contributed by atoms with E-state index in [0.29, 0.717) is 6.42 Å². The summed E-state index contributed by atoms with van der Waals surface area (Å²) in [5, 5.41) is 11.6. The minimum Gasteiger partial charge on any atom is -0.544 e. The van der Waals surface area contributed by atoms with Crippen molar-refractivity contribution in [2.45, 2.75) is 167 Å². The van der Waals surface area contributed by atoms with Crippen LogP contribution in [-0.2, 0) is 28.6 Å². The number of carboxylic acid groups (broad SMARTS) is 1. The number of hydrogen-bond acceptors (Lipinski definition) is 7. The van der Waals surface area contributed by atoms with Crippen LogP contribution >= 0.6 is 0 Å². The predicted octanol–water partition coefficient (Wildman–Crippen LogP) is 11.4. The number of aliphatic carboxylic acids is 1. The van der Waals surface area contributed by atoms with E-state index in [-0.39, 0.29) is 55.5 Å². The fraction of sp³-hybridized carbons (Fsp3) is 0.627. The summed E-state index contributed by atoms with van der Waals surface area (Å²) in [7, 11) is 5.37. The number of esters is 2. The first-order valence-corrected chi connectivity index (χ1v) is 22.8. The third kappa shape index (κ3) is 39.5. The van der Waals surface area contributed by atoms with Crippen molar-refractivity contribution >= 4 is 17.9 Å². The fourth-order valence-electron chi connectivity index (χ4n) is 6.00. The van der Waals surface area contributed by atoms with Gasteiger partial charge >= 0.3 is 11.9 Å². The molecule has 0 fully saturated rings. The molecule has 0 aliphatic rings. The Bertz CT molecular complexity index is 1280. The third-order valence-electron chi connectivity index (χ3n) is 9.55. The molecule has 8 nitrogen and oxygen atoms in total. The van der Waals surface area contributed by atoms with Crippen molar-refractivity contribution < 1.29 is 38.2 Å². The molecule has 0 aromatic rings. The van der Waals surface area contributed by atoms with Crippen LogP contribution in [-0.4, -0.2) is 75.5 Å². The number of ether oxygens (including phenoxy) is 3. The fourth-order valence-corrected chi connectivity index (χ4v) is 6.00. The summed E-state index contributed by atoms with van der Waals surface area (Å²) < 4.78 is 17.1. The highest BCUT2D eigenvalue weighted by Gasteiger charge is 2.25. The molecule has 0 aromatic heterocycles. The molecule has 0 aliphatic carbocycles. The molecule has 0 radical (unpaired) electrons. The second kappa shape index (κ2) is 41.0. The average Bonchev–Trinajstić information content (AvgIpc) is 3.19. The first kappa shape index (κ1) is 55.2. The Kier molecular flexibility index (Phi) is 38.4. The number of carbonyl (C=O) groups is 3. The maximum absolute atomic E-state index is 12.7. The summed E-state index contributed by atoms with van der Waals surface area (Å²) >= 11 is 0. The smallest absolute Gasteiger partial charge is 0.306 e. The van der Waals surface area contributed by atoms with Gasteiger partial charge in [-0.2, -0.15) is 0 Å². The number of unbranched alkanes of at least 4 members (excludes halogenated alkanes) is 13. The van der Waals surface area contributed by atoms with E-state index in [1.165, 1.54) is 51.4 Å². The third-order valence-corrected chi connectivity index (χ3v) is 9.55. The lowest BCUT2D eigenvalue weighted by molar-refractivity contribution is -0.889. The summed E-state index contributed by atoms with van der Waals surface area (Å²) in [6, 6.07) is -0.744. The highest BCUT2D eigenvalue weighted by molar-refractivity contribution is 5.70. The van der Waals surface area contributed by atoms with Crippen molar-refractivity contribution in [1.29, 1.82) is 0 Å². The number of allylic oxidation sites excluding steroid dienone is 16. The minimum atomic E-state index is -1.14. The van der Waals surface area contributed by atoms with Gasteiger partial charge < -0.3 is 28.6 Å². The van der Waals surface area contributed by atoms with Crippen molar-refractivity contribution in [2.75, 3.05) is 41.0 Å². The van der Waals surface area contributed by atoms with Crippen LogP contribution in [0, 0.1) is 0 Å². The lowest BCUT2D eigenvalue weighted by atomic mass is 10.1. The molecule has 0 heterocycles. The van der Waals surface area contributed by atoms with Crippen LogP contribution in [0.2, 0.25) is 0 Å². The zero-order chi connectivity index (χ0) is 43.5. The van der Waals surface area contributed by atoms with E-state index in [1.807, 2.05) is 36.5 Å². The van der Waals surface area contributed by atoms with Crippen LogP contribution in [0.25, 0.3) is 0 Å². The summed E-state index contributed by atoms with van der Waals surface area (Å²) in [4.78, 5) is 36.9. The number of carboxylic acids is 1. The number of quaternary nitrogens is 1. The number of rotatable bonds is 39. The van der Waals surface area contributed by atoms with Crippen LogP contribution in [0.3, 0.4) is 0 Å². The Morgan fingerprint density at radius 1 is 0.525 bits per heavy atom. The van der Waals surface area contributed by atoms with Crippen LogP contribution in [0.15, 0.2) is 97.2 Å². The average molecular weight is 822 g/mol. The van der Waals surface area contributed by atoms with Gasteiger partial charge in [-0.15, -0.1) is 0 Å². The summed E-state index contributed by atoms with van der Waals surface area (Å²) in [6.07, 6.45) is 54.3. The van der Waals surface area contributed by atoms with Crippen LogP contribution in [0.4, 0.5) is 0 Å². The first-order chi connectivity index (χ1) is 28.6. The van der Waals surface area contributed by atoms with Crippen LogP contribution < -0.4 is 5.11 Å². The van der Waals surface area contributed by atoms with Gasteiger partial charge in [-0.1, -0.05) is 169 Å². The summed E-state index contributed by atoms with van der Waals surface area (Å²) in [5.74, 6) is -1.85. The molecule has 0 bridgehead atoms. The Morgan fingerprint density at radius 2 is 1.02 bits per heavy atom. The van der Waals surface area contributed by atoms with Gasteiger partial charge in [0, 0.05) is 19.3 Å². The molecule has 8 heteroatoms. The van der Waals surface area contributed by atoms with Gasteiger partial charge in [0.2, 0.25) is 0 Å². The molecule has 2 unspecified atom stereocenters. The highest BCUT2D eigenvalue weighted by Crippen LogP contribution is 2.12. The molecule has 59 heavy (non-hydrogen) atoms. The standard InChI is InChI=1S/C51H83NO7/c1-6-8-10-12-14-16-18-20-22-24-26-28-30-32-34-36-38-40-42-50(54)59-47(45-57-44-43-48(51(55)56)52(3,4)5)46-58-49(53)41-39-37-35-33-31-29-27-25-23-21-19-17-15-13-11-9-7-2/h10,12,14,16,18,20-24,26-29,33,35,47-48H,6-9,11,13,15,17,19,25,30-32,34,36-46H2,1-5H3/b12-10+,16-14+,20-18+,23-21+,24-22+,28-26+,29-27+,35-33+. The molecular weight excluding hydrogens is 739 g/mol. The van der Waals surface area contributed by atoms with Crippen molar-refractivity contribution in [3.63, 3.8) is 0 Å². The zero-order valence-electron chi connectivity index (χ0n) is 37.9. The molecule has 2 atom stereocenters. The molecule has 0 aromatic carbocycles. The van der Waals surface area contributed by atoms with Gasteiger partial charge in [0.15, 0.2) is 6.10 Å². The largest absolute Gasteiger partial charge is 0.544 e. The first-order valence-electron chi connectivity index (χ1n) is 22.8. The highest BCUT2D eigenvalue weighted by atomic mass is 16.6. The van der Waals surface area contributed by atoms with E-state index in [4.69, 9.17) is 14.2 Å². The van der Waals surface area contributed by atoms with Crippen molar-refractivity contribution in [3.8, 4) is 0 Å². The molecule has 0 rings (SSSR count). The Hall–Kier alpha value is -3.75. The Morgan fingerprint density at radius 3 is 1.59 bits per heavy atom. The molecule has 0 amide bonds. The Labute approximate surface area is 360 Å². The Balaban J connectivity index is 4.50. The normalized spacial score (nSPS) is 13.8. The zero-order valence-corrected chi connectivity index (χ0v) is 37.9. The topological polar surface area (TPSA) is 102 Å². The number of hydrogen-bond donors (Lipinski definition) is 0. The van der Waals surface area contributed by atoms with Crippen molar-refractivity contribution in [1.82, 2.24) is 0 Å². The van der Waals surface area contributed by atoms with Crippen molar-refractivity contribution in [3.05, 3.63) is 97.2 Å². The van der Waals surface area contributed by atoms with Gasteiger partial charge in [-0.05, 0) is 64.2 Å². The number of likely N-dealkylation sites (N-methyl/N-ethyl adjacent to an activating group) is 1. The van der Waals surface area contributed by atoms with E-state index in [9.17, 15) is 19.5 Å².